The van der Waals surface area contributed by atoms with Gasteiger partial charge in [-0.25, -0.2) is 9.97 Å². The summed E-state index contributed by atoms with van der Waals surface area (Å²) in [6.07, 6.45) is -4.87. The van der Waals surface area contributed by atoms with Crippen molar-refractivity contribution >= 4 is 39.8 Å². The van der Waals surface area contributed by atoms with E-state index in [2.05, 4.69) is 19.8 Å². The summed E-state index contributed by atoms with van der Waals surface area (Å²) in [5.74, 6) is -0.488. The summed E-state index contributed by atoms with van der Waals surface area (Å²) in [6, 6.07) is 10.8. The average Bonchev–Trinajstić information content (AvgIpc) is 3.01. The molecule has 0 unspecified atom stereocenters. The predicted molar refractivity (Wildman–Crippen MR) is 90.4 cm³/mol. The molecule has 0 radical (unpaired) electrons. The molecule has 0 amide bonds. The van der Waals surface area contributed by atoms with Crippen LogP contribution in [0, 0.1) is 0 Å². The number of benzene rings is 2. The molecular weight excluding hydrogens is 392 g/mol. The lowest BCUT2D eigenvalue weighted by Crippen LogP contribution is -2.17. The SMILES string of the molecule is FC(F)(F)Oc1ccc(Cl)cc1-c1nc2c3ccccc3nc(Cl)n2n1. The van der Waals surface area contributed by atoms with Gasteiger partial charge in [-0.1, -0.05) is 23.7 Å². The first kappa shape index (κ1) is 16.9. The molecule has 0 saturated heterocycles. The molecule has 4 rings (SSSR count). The van der Waals surface area contributed by atoms with Crippen molar-refractivity contribution in [3.05, 3.63) is 52.8 Å². The maximum absolute atomic E-state index is 12.7. The van der Waals surface area contributed by atoms with Gasteiger partial charge in [0.1, 0.15) is 5.75 Å². The summed E-state index contributed by atoms with van der Waals surface area (Å²) in [4.78, 5) is 8.52. The fourth-order valence-electron chi connectivity index (χ4n) is 2.53. The number of aromatic nitrogens is 4. The van der Waals surface area contributed by atoms with Crippen molar-refractivity contribution in [2.45, 2.75) is 6.36 Å². The molecule has 5 nitrogen and oxygen atoms in total. The molecule has 2 aromatic heterocycles. The maximum Gasteiger partial charge on any atom is 0.573 e. The van der Waals surface area contributed by atoms with Gasteiger partial charge in [0.25, 0.3) is 0 Å². The van der Waals surface area contributed by atoms with Crippen molar-refractivity contribution in [3.63, 3.8) is 0 Å². The Morgan fingerprint density at radius 3 is 2.54 bits per heavy atom. The van der Waals surface area contributed by atoms with Gasteiger partial charge in [0.2, 0.25) is 5.28 Å². The fraction of sp³-hybridized carbons (Fsp3) is 0.0625. The monoisotopic (exact) mass is 398 g/mol. The average molecular weight is 399 g/mol. The normalized spacial score (nSPS) is 12.0. The molecule has 132 valence electrons. The second kappa shape index (κ2) is 6.00. The summed E-state index contributed by atoms with van der Waals surface area (Å²) < 4.78 is 43.4. The van der Waals surface area contributed by atoms with Crippen LogP contribution in [-0.4, -0.2) is 25.9 Å². The molecule has 4 aromatic rings. The van der Waals surface area contributed by atoms with E-state index < -0.39 is 12.1 Å². The van der Waals surface area contributed by atoms with Gasteiger partial charge < -0.3 is 4.74 Å². The number of rotatable bonds is 2. The zero-order chi connectivity index (χ0) is 18.5. The van der Waals surface area contributed by atoms with E-state index in [9.17, 15) is 13.2 Å². The van der Waals surface area contributed by atoms with Crippen molar-refractivity contribution < 1.29 is 17.9 Å². The van der Waals surface area contributed by atoms with Crippen LogP contribution < -0.4 is 4.74 Å². The third-order valence-corrected chi connectivity index (χ3v) is 4.03. The van der Waals surface area contributed by atoms with E-state index in [0.717, 1.165) is 6.07 Å². The minimum Gasteiger partial charge on any atom is -0.405 e. The summed E-state index contributed by atoms with van der Waals surface area (Å²) in [5.41, 5.74) is 0.925. The number of fused-ring (bicyclic) bond motifs is 3. The van der Waals surface area contributed by atoms with Gasteiger partial charge in [-0.2, -0.15) is 4.52 Å². The van der Waals surface area contributed by atoms with Crippen molar-refractivity contribution in [1.29, 1.82) is 0 Å². The summed E-state index contributed by atoms with van der Waals surface area (Å²) in [6.45, 7) is 0. The lowest BCUT2D eigenvalue weighted by atomic mass is 10.2. The van der Waals surface area contributed by atoms with E-state index in [4.69, 9.17) is 23.2 Å². The van der Waals surface area contributed by atoms with Crippen molar-refractivity contribution in [2.75, 3.05) is 0 Å². The Labute approximate surface area is 153 Å². The first-order valence-electron chi connectivity index (χ1n) is 7.18. The Hall–Kier alpha value is -2.58. The molecule has 0 N–H and O–H groups in total. The zero-order valence-electron chi connectivity index (χ0n) is 12.6. The van der Waals surface area contributed by atoms with E-state index >= 15 is 0 Å². The lowest BCUT2D eigenvalue weighted by Gasteiger charge is -2.11. The molecular formula is C16H7Cl2F3N4O. The second-order valence-corrected chi connectivity index (χ2v) is 6.03. The van der Waals surface area contributed by atoms with E-state index in [-0.39, 0.29) is 21.7 Å². The number of para-hydroxylation sites is 1. The van der Waals surface area contributed by atoms with Crippen LogP contribution in [0.5, 0.6) is 5.75 Å². The number of ether oxygens (including phenoxy) is 1. The van der Waals surface area contributed by atoms with E-state index in [1.807, 2.05) is 0 Å². The van der Waals surface area contributed by atoms with Crippen LogP contribution in [0.25, 0.3) is 27.9 Å². The van der Waals surface area contributed by atoms with Crippen LogP contribution in [-0.2, 0) is 0 Å². The van der Waals surface area contributed by atoms with Crippen LogP contribution in [0.3, 0.4) is 0 Å². The Kier molecular flexibility index (Phi) is 3.89. The van der Waals surface area contributed by atoms with Gasteiger partial charge in [0.15, 0.2) is 11.5 Å². The number of hydrogen-bond acceptors (Lipinski definition) is 4. The van der Waals surface area contributed by atoms with Gasteiger partial charge in [0.05, 0.1) is 11.1 Å². The Balaban J connectivity index is 1.97. The molecule has 10 heteroatoms. The summed E-state index contributed by atoms with van der Waals surface area (Å²) in [5, 5.41) is 5.05. The van der Waals surface area contributed by atoms with Crippen LogP contribution in [0.15, 0.2) is 42.5 Å². The second-order valence-electron chi connectivity index (χ2n) is 5.26. The molecule has 0 saturated carbocycles. The van der Waals surface area contributed by atoms with Crippen molar-refractivity contribution in [3.8, 4) is 17.1 Å². The minimum atomic E-state index is -4.87. The molecule has 0 atom stereocenters. The highest BCUT2D eigenvalue weighted by atomic mass is 35.5. The molecule has 2 heterocycles. The molecule has 0 fully saturated rings. The highest BCUT2D eigenvalue weighted by molar-refractivity contribution is 6.31. The van der Waals surface area contributed by atoms with Crippen molar-refractivity contribution in [1.82, 2.24) is 19.6 Å². The van der Waals surface area contributed by atoms with Crippen LogP contribution in [0.1, 0.15) is 0 Å². The largest absolute Gasteiger partial charge is 0.573 e. The summed E-state index contributed by atoms with van der Waals surface area (Å²) in [7, 11) is 0. The van der Waals surface area contributed by atoms with Gasteiger partial charge in [-0.15, -0.1) is 18.3 Å². The van der Waals surface area contributed by atoms with Gasteiger partial charge in [-0.3, -0.25) is 0 Å². The molecule has 2 aromatic carbocycles. The molecule has 0 aliphatic carbocycles. The zero-order valence-corrected chi connectivity index (χ0v) is 14.1. The quantitative estimate of drug-likeness (QED) is 0.438. The highest BCUT2D eigenvalue weighted by Crippen LogP contribution is 2.35. The van der Waals surface area contributed by atoms with Crippen LogP contribution >= 0.6 is 23.2 Å². The van der Waals surface area contributed by atoms with E-state index in [1.165, 1.54) is 16.6 Å². The maximum atomic E-state index is 12.7. The van der Waals surface area contributed by atoms with Gasteiger partial charge >= 0.3 is 6.36 Å². The molecule has 26 heavy (non-hydrogen) atoms. The lowest BCUT2D eigenvalue weighted by molar-refractivity contribution is -0.274. The van der Waals surface area contributed by atoms with E-state index in [1.54, 1.807) is 24.3 Å². The van der Waals surface area contributed by atoms with Crippen LogP contribution in [0.2, 0.25) is 10.3 Å². The third kappa shape index (κ3) is 3.02. The summed E-state index contributed by atoms with van der Waals surface area (Å²) >= 11 is 12.1. The third-order valence-electron chi connectivity index (χ3n) is 3.55. The van der Waals surface area contributed by atoms with E-state index in [0.29, 0.717) is 16.6 Å². The highest BCUT2D eigenvalue weighted by Gasteiger charge is 2.33. The number of hydrogen-bond donors (Lipinski definition) is 0. The fourth-order valence-corrected chi connectivity index (χ4v) is 2.91. The van der Waals surface area contributed by atoms with Gasteiger partial charge in [0, 0.05) is 10.4 Å². The standard InChI is InChI=1S/C16H7Cl2F3N4O/c17-8-5-6-12(26-16(19,20)21)10(7-8)13-23-14-9-3-1-2-4-11(9)22-15(18)25(14)24-13/h1-7H. The Morgan fingerprint density at radius 2 is 1.77 bits per heavy atom. The molecule has 0 aliphatic rings. The molecule has 0 bridgehead atoms. The minimum absolute atomic E-state index is 0.0151. The first-order valence-corrected chi connectivity index (χ1v) is 7.94. The van der Waals surface area contributed by atoms with Gasteiger partial charge in [-0.05, 0) is 41.9 Å². The number of nitrogens with zero attached hydrogens (tertiary/aromatic N) is 4. The smallest absolute Gasteiger partial charge is 0.405 e. The topological polar surface area (TPSA) is 52.3 Å². The number of halogens is 5. The molecule has 0 spiro atoms. The Bertz CT molecular complexity index is 1140. The first-order chi connectivity index (χ1) is 12.3. The van der Waals surface area contributed by atoms with Crippen LogP contribution in [0.4, 0.5) is 13.2 Å². The van der Waals surface area contributed by atoms with Crippen molar-refractivity contribution in [2.24, 2.45) is 0 Å². The Morgan fingerprint density at radius 1 is 1.00 bits per heavy atom. The number of alkyl halides is 3. The molecule has 0 aliphatic heterocycles. The predicted octanol–water partition coefficient (Wildman–Crippen LogP) is 5.15.